The predicted molar refractivity (Wildman–Crippen MR) is 85.8 cm³/mol. The van der Waals surface area contributed by atoms with Crippen molar-refractivity contribution in [2.24, 2.45) is 0 Å². The van der Waals surface area contributed by atoms with E-state index in [0.29, 0.717) is 0 Å². The molecular weight excluding hydrogens is 289 g/mol. The van der Waals surface area contributed by atoms with Gasteiger partial charge in [0.05, 0.1) is 21.0 Å². The topological polar surface area (TPSA) is 12.0 Å². The van der Waals surface area contributed by atoms with Gasteiger partial charge in [-0.3, -0.25) is 0 Å². The van der Waals surface area contributed by atoms with Gasteiger partial charge in [0.25, 0.3) is 0 Å². The first-order chi connectivity index (χ1) is 16.5. The average Bonchev–Trinajstić information content (AvgIpc) is 2.79. The van der Waals surface area contributed by atoms with Crippen molar-refractivity contribution in [3.63, 3.8) is 0 Å². The molecule has 1 aliphatic carbocycles. The summed E-state index contributed by atoms with van der Waals surface area (Å²) in [5, 5.41) is -1.96. The zero-order chi connectivity index (χ0) is 29.0. The third-order valence-electron chi connectivity index (χ3n) is 2.57. The Morgan fingerprint density at radius 2 is 2.05 bits per heavy atom. The minimum atomic E-state index is -3.93. The van der Waals surface area contributed by atoms with Crippen molar-refractivity contribution in [1.82, 2.24) is 5.31 Å². The summed E-state index contributed by atoms with van der Waals surface area (Å²) < 4.78 is 141. The fourth-order valence-electron chi connectivity index (χ4n) is 1.69. The molecule has 0 amide bonds. The molecule has 0 heterocycles. The van der Waals surface area contributed by atoms with Gasteiger partial charge in [-0.2, -0.15) is 0 Å². The third-order valence-corrected chi connectivity index (χ3v) is 3.23. The Bertz CT molecular complexity index is 1300. The highest BCUT2D eigenvalue weighted by molar-refractivity contribution is 6.42. The first-order valence-corrected chi connectivity index (χ1v) is 6.08. The van der Waals surface area contributed by atoms with Crippen molar-refractivity contribution in [3.05, 3.63) is 69.0 Å². The molecule has 1 aliphatic rings. The van der Waals surface area contributed by atoms with Crippen LogP contribution in [0.2, 0.25) is 11.5 Å². The van der Waals surface area contributed by atoms with Gasteiger partial charge in [-0.25, -0.2) is 0 Å². The Morgan fingerprint density at radius 1 is 1.25 bits per heavy atom. The lowest BCUT2D eigenvalue weighted by Gasteiger charge is -2.32. The lowest BCUT2D eigenvalue weighted by Crippen LogP contribution is -2.24. The molecule has 104 valence electrons. The molecule has 3 heteroatoms. The molecule has 20 heavy (non-hydrogen) atoms. The van der Waals surface area contributed by atoms with Gasteiger partial charge in [-0.1, -0.05) is 53.4 Å². The zero-order valence-electron chi connectivity index (χ0n) is 26.7. The molecule has 0 saturated heterocycles. The van der Waals surface area contributed by atoms with Crippen LogP contribution in [0.25, 0.3) is 0 Å². The van der Waals surface area contributed by atoms with Gasteiger partial charge < -0.3 is 5.31 Å². The highest BCUT2D eigenvalue weighted by Gasteiger charge is 2.27. The van der Waals surface area contributed by atoms with Crippen molar-refractivity contribution in [2.75, 3.05) is 6.98 Å². The summed E-state index contributed by atoms with van der Waals surface area (Å²) in [5.41, 5.74) is -3.54. The van der Waals surface area contributed by atoms with Gasteiger partial charge >= 0.3 is 0 Å². The van der Waals surface area contributed by atoms with Crippen LogP contribution in [0.1, 0.15) is 63.3 Å². The van der Waals surface area contributed by atoms with Gasteiger partial charge in [0.1, 0.15) is 1.41 Å². The second kappa shape index (κ2) is 5.77. The number of nitrogens with one attached hydrogen (secondary N) is 1. The monoisotopic (exact) mass is 322 g/mol. The van der Waals surface area contributed by atoms with Crippen LogP contribution in [-0.4, -0.2) is 6.98 Å². The van der Waals surface area contributed by atoms with Crippen molar-refractivity contribution >= 4 is 23.2 Å². The molecule has 0 aliphatic heterocycles. The summed E-state index contributed by atoms with van der Waals surface area (Å²) in [5.74, 6) is -3.49. The van der Waals surface area contributed by atoms with Crippen LogP contribution in [0.3, 0.4) is 0 Å². The quantitative estimate of drug-likeness (QED) is 0.803. The van der Waals surface area contributed by atoms with E-state index in [4.69, 9.17) is 45.2 Å². The average molecular weight is 323 g/mol. The highest BCUT2D eigenvalue weighted by atomic mass is 35.5. The van der Waals surface area contributed by atoms with Crippen molar-refractivity contribution in [1.29, 1.82) is 0 Å². The standard InChI is InChI=1S/C17H17Cl2N/c1-20-17-9-7-12(13-4-2-3-5-14(13)17)11-6-8-15(18)16(19)10-11/h2-6,8,10,12,17,20H,7,9H2,1H3/t12-,17-/m0/s1/i1D3,2D,3D,4D,5D,6D,7D2,8D,9D2,10D,12D,17D/hD. The van der Waals surface area contributed by atoms with Gasteiger partial charge in [0.15, 0.2) is 0 Å². The summed E-state index contributed by atoms with van der Waals surface area (Å²) in [4.78, 5) is 0. The molecule has 0 spiro atoms. The second-order valence-corrected chi connectivity index (χ2v) is 4.47. The Morgan fingerprint density at radius 3 is 2.85 bits per heavy atom. The molecular formula is C17H17Cl2N. The molecule has 0 aromatic heterocycles. The normalized spacial score (nSPS) is 47.0. The summed E-state index contributed by atoms with van der Waals surface area (Å²) in [7, 11) is 0. The first kappa shape index (κ1) is 4.25. The molecule has 1 nitrogen and oxygen atoms in total. The Balaban J connectivity index is 2.78. The summed E-state index contributed by atoms with van der Waals surface area (Å²) in [6.07, 6.45) is -7.82. The molecule has 0 unspecified atom stereocenters. The number of hydrogen-bond acceptors (Lipinski definition) is 1. The lowest BCUT2D eigenvalue weighted by atomic mass is 9.77. The summed E-state index contributed by atoms with van der Waals surface area (Å²) in [6.45, 7) is -3.61. The van der Waals surface area contributed by atoms with Crippen LogP contribution >= 0.6 is 23.2 Å². The molecule has 0 bridgehead atoms. The maximum absolute atomic E-state index is 9.23. The minimum Gasteiger partial charge on any atom is -0.313 e. The van der Waals surface area contributed by atoms with Crippen LogP contribution in [0, 0.1) is 0 Å². The maximum Gasteiger partial charge on any atom is 0.122 e. The minimum absolute atomic E-state index is 0.617. The van der Waals surface area contributed by atoms with Gasteiger partial charge in [-0.05, 0) is 48.5 Å². The van der Waals surface area contributed by atoms with E-state index in [0.717, 1.165) is 0 Å². The van der Waals surface area contributed by atoms with E-state index in [1.807, 2.05) is 0 Å². The molecule has 2 aromatic carbocycles. The molecule has 0 fully saturated rings. The molecule has 1 N–H and O–H groups in total. The van der Waals surface area contributed by atoms with E-state index < -0.39 is 106 Å². The number of benzene rings is 2. The Labute approximate surface area is 153 Å². The van der Waals surface area contributed by atoms with E-state index in [2.05, 4.69) is 0 Å². The fourth-order valence-corrected chi connectivity index (χ4v) is 1.92. The van der Waals surface area contributed by atoms with E-state index in [9.17, 15) is 1.37 Å². The van der Waals surface area contributed by atoms with Crippen LogP contribution in [0.15, 0.2) is 42.3 Å². The fraction of sp³-hybridized carbons (Fsp3) is 0.294. The van der Waals surface area contributed by atoms with Crippen LogP contribution in [0.4, 0.5) is 0 Å². The lowest BCUT2D eigenvalue weighted by molar-refractivity contribution is 0.471. The summed E-state index contributed by atoms with van der Waals surface area (Å²) >= 11 is 11.9. The molecule has 2 atom stereocenters. The van der Waals surface area contributed by atoms with Crippen LogP contribution < -0.4 is 5.31 Å². The van der Waals surface area contributed by atoms with Gasteiger partial charge in [0.2, 0.25) is 0 Å². The van der Waals surface area contributed by atoms with Crippen molar-refractivity contribution in [3.8, 4) is 0 Å². The van der Waals surface area contributed by atoms with Gasteiger partial charge in [0, 0.05) is 22.9 Å². The van der Waals surface area contributed by atoms with Gasteiger partial charge in [-0.15, -0.1) is 0 Å². The Hall–Kier alpha value is -1.02. The van der Waals surface area contributed by atoms with Crippen molar-refractivity contribution < 1.29 is 23.3 Å². The smallest absolute Gasteiger partial charge is 0.122 e. The van der Waals surface area contributed by atoms with E-state index >= 15 is 0 Å². The van der Waals surface area contributed by atoms with Crippen LogP contribution in [-0.2, 0) is 0 Å². The number of halogens is 2. The van der Waals surface area contributed by atoms with Crippen molar-refractivity contribution in [2.45, 2.75) is 24.7 Å². The second-order valence-electron chi connectivity index (χ2n) is 3.71. The number of hydrogen-bond donors (Lipinski definition) is 1. The largest absolute Gasteiger partial charge is 0.313 e. The van der Waals surface area contributed by atoms with E-state index in [1.165, 1.54) is 0 Å². The third kappa shape index (κ3) is 2.46. The predicted octanol–water partition coefficient (Wildman–Crippen LogP) is 5.18. The zero-order valence-corrected chi connectivity index (χ0v) is 11.2. The SMILES string of the molecule is [2H]c1c([2H])c([2H])c2c(c1[2H])[C@]([2H])(c1c([2H])c([2H])c(Cl)c(Cl)c1[2H])C([2H])([2H])C([2H])([2H])[C@]2([2H])N([2H])C([2H])([2H])[2H]. The number of rotatable bonds is 2. The van der Waals surface area contributed by atoms with E-state index in [-0.39, 0.29) is 0 Å². The molecule has 0 saturated carbocycles. The number of fused-ring (bicyclic) bond motifs is 1. The summed E-state index contributed by atoms with van der Waals surface area (Å²) in [6, 6.07) is -11.3. The Kier molecular flexibility index (Phi) is 1.23. The maximum atomic E-state index is 9.23. The molecule has 2 aromatic rings. The molecule has 0 radical (unpaired) electrons. The first-order valence-electron chi connectivity index (χ1n) is 13.8. The molecule has 3 rings (SSSR count). The van der Waals surface area contributed by atoms with Crippen LogP contribution in [0.5, 0.6) is 0 Å². The van der Waals surface area contributed by atoms with E-state index in [1.54, 1.807) is 0 Å². The highest BCUT2D eigenvalue weighted by Crippen LogP contribution is 2.42.